The Labute approximate surface area is 112 Å². The van der Waals surface area contributed by atoms with Crippen molar-refractivity contribution in [2.75, 3.05) is 0 Å². The SMILES string of the molecule is NC(=O)[S-].Sc1ccc(-c2ccccc2)cc1. The number of hydrogen-bond acceptors (Lipinski definition) is 3. The van der Waals surface area contributed by atoms with Crippen LogP contribution >= 0.6 is 12.6 Å². The van der Waals surface area contributed by atoms with Gasteiger partial charge in [0.2, 0.25) is 0 Å². The zero-order chi connectivity index (χ0) is 12.7. The summed E-state index contributed by atoms with van der Waals surface area (Å²) in [5, 5.41) is -0.750. The molecule has 2 rings (SSSR count). The summed E-state index contributed by atoms with van der Waals surface area (Å²) < 4.78 is 0. The molecule has 2 N–H and O–H groups in total. The molecule has 0 bridgehead atoms. The van der Waals surface area contributed by atoms with Crippen molar-refractivity contribution in [2.24, 2.45) is 5.73 Å². The van der Waals surface area contributed by atoms with Gasteiger partial charge in [0.15, 0.2) is 0 Å². The number of amides is 1. The Bertz CT molecular complexity index is 465. The molecular formula is C13H12NOS2-. The monoisotopic (exact) mass is 262 g/mol. The van der Waals surface area contributed by atoms with Gasteiger partial charge in [-0.05, 0) is 23.3 Å². The summed E-state index contributed by atoms with van der Waals surface area (Å²) in [6.45, 7) is 0. The van der Waals surface area contributed by atoms with E-state index in [9.17, 15) is 0 Å². The highest BCUT2D eigenvalue weighted by atomic mass is 32.1. The number of carbonyl (C=O) groups excluding carboxylic acids is 1. The Morgan fingerprint density at radius 3 is 1.82 bits per heavy atom. The molecule has 2 aromatic carbocycles. The lowest BCUT2D eigenvalue weighted by molar-refractivity contribution is 0.267. The van der Waals surface area contributed by atoms with Crippen molar-refractivity contribution in [1.82, 2.24) is 0 Å². The lowest BCUT2D eigenvalue weighted by Gasteiger charge is -2.00. The molecule has 0 radical (unpaired) electrons. The summed E-state index contributed by atoms with van der Waals surface area (Å²) in [6, 6.07) is 18.5. The maximum Gasteiger partial charge on any atom is 0.0954 e. The average Bonchev–Trinajstić information content (AvgIpc) is 2.30. The maximum atomic E-state index is 9.04. The maximum absolute atomic E-state index is 9.04. The van der Waals surface area contributed by atoms with E-state index in [-0.39, 0.29) is 0 Å². The van der Waals surface area contributed by atoms with Crippen molar-refractivity contribution in [3.8, 4) is 11.1 Å². The lowest BCUT2D eigenvalue weighted by Crippen LogP contribution is -2.00. The van der Waals surface area contributed by atoms with E-state index in [1.54, 1.807) is 0 Å². The first-order chi connectivity index (χ1) is 8.09. The Hall–Kier alpha value is -1.52. The molecule has 0 heterocycles. The Balaban J connectivity index is 0.000000317. The summed E-state index contributed by atoms with van der Waals surface area (Å²) in [7, 11) is 0. The molecule has 0 unspecified atom stereocenters. The van der Waals surface area contributed by atoms with Gasteiger partial charge in [0.25, 0.3) is 0 Å². The molecule has 88 valence electrons. The van der Waals surface area contributed by atoms with Crippen LogP contribution in [0.4, 0.5) is 4.79 Å². The number of benzene rings is 2. The molecule has 0 aliphatic carbocycles. The zero-order valence-corrected chi connectivity index (χ0v) is 10.7. The van der Waals surface area contributed by atoms with Crippen molar-refractivity contribution in [2.45, 2.75) is 4.90 Å². The van der Waals surface area contributed by atoms with E-state index >= 15 is 0 Å². The van der Waals surface area contributed by atoms with Gasteiger partial charge in [-0.3, -0.25) is 0 Å². The van der Waals surface area contributed by atoms with Gasteiger partial charge in [0.1, 0.15) is 0 Å². The molecule has 0 fully saturated rings. The Morgan fingerprint density at radius 1 is 0.941 bits per heavy atom. The number of hydrogen-bond donors (Lipinski definition) is 2. The average molecular weight is 262 g/mol. The minimum absolute atomic E-state index is 0.750. The zero-order valence-electron chi connectivity index (χ0n) is 9.04. The second-order valence-corrected chi connectivity index (χ2v) is 4.15. The van der Waals surface area contributed by atoms with E-state index in [2.05, 4.69) is 55.3 Å². The van der Waals surface area contributed by atoms with Crippen LogP contribution < -0.4 is 5.73 Å². The van der Waals surface area contributed by atoms with Gasteiger partial charge in [0.05, 0.1) is 5.24 Å². The highest BCUT2D eigenvalue weighted by Crippen LogP contribution is 2.19. The molecule has 2 nitrogen and oxygen atoms in total. The van der Waals surface area contributed by atoms with Crippen LogP contribution in [0.25, 0.3) is 11.1 Å². The molecule has 0 saturated heterocycles. The van der Waals surface area contributed by atoms with Crippen LogP contribution in [0, 0.1) is 0 Å². The lowest BCUT2D eigenvalue weighted by atomic mass is 10.1. The third-order valence-electron chi connectivity index (χ3n) is 1.97. The van der Waals surface area contributed by atoms with E-state index in [0.717, 1.165) is 4.90 Å². The number of rotatable bonds is 1. The molecule has 1 amide bonds. The van der Waals surface area contributed by atoms with Crippen LogP contribution in [0.15, 0.2) is 59.5 Å². The van der Waals surface area contributed by atoms with Crippen molar-refractivity contribution in [3.63, 3.8) is 0 Å². The fourth-order valence-corrected chi connectivity index (χ4v) is 1.43. The van der Waals surface area contributed by atoms with Gasteiger partial charge in [-0.15, -0.1) is 12.6 Å². The Morgan fingerprint density at radius 2 is 1.35 bits per heavy atom. The standard InChI is InChI=1S/C12H10S.CH3NOS/c13-12-8-6-11(7-9-12)10-4-2-1-3-5-10;2-1(3)4/h1-9,13H;(H3,2,3,4)/p-1. The normalized spacial score (nSPS) is 9.00. The van der Waals surface area contributed by atoms with E-state index in [1.165, 1.54) is 11.1 Å². The molecular weight excluding hydrogens is 250 g/mol. The van der Waals surface area contributed by atoms with Gasteiger partial charge in [0, 0.05) is 4.90 Å². The Kier molecular flexibility index (Phi) is 5.52. The van der Waals surface area contributed by atoms with E-state index < -0.39 is 5.24 Å². The summed E-state index contributed by atoms with van der Waals surface area (Å²) in [6.07, 6.45) is 0. The molecule has 0 atom stereocenters. The molecule has 0 aliphatic heterocycles. The number of nitrogens with two attached hydrogens (primary N) is 1. The highest BCUT2D eigenvalue weighted by molar-refractivity contribution is 7.80. The van der Waals surface area contributed by atoms with Gasteiger partial charge >= 0.3 is 0 Å². The van der Waals surface area contributed by atoms with Crippen LogP contribution in [0.2, 0.25) is 0 Å². The molecule has 2 aromatic rings. The predicted molar refractivity (Wildman–Crippen MR) is 76.1 cm³/mol. The number of thiol groups is 1. The van der Waals surface area contributed by atoms with Gasteiger partial charge in [-0.25, -0.2) is 0 Å². The minimum Gasteiger partial charge on any atom is -0.719 e. The van der Waals surface area contributed by atoms with E-state index in [0.29, 0.717) is 0 Å². The highest BCUT2D eigenvalue weighted by Gasteiger charge is 1.94. The van der Waals surface area contributed by atoms with Gasteiger partial charge in [-0.1, -0.05) is 42.5 Å². The van der Waals surface area contributed by atoms with Gasteiger partial charge in [-0.2, -0.15) is 0 Å². The van der Waals surface area contributed by atoms with Crippen LogP contribution in [-0.2, 0) is 12.6 Å². The number of carbonyl (C=O) groups is 1. The molecule has 0 aromatic heterocycles. The summed E-state index contributed by atoms with van der Waals surface area (Å²) in [5.74, 6) is 0. The van der Waals surface area contributed by atoms with Crippen molar-refractivity contribution < 1.29 is 4.79 Å². The van der Waals surface area contributed by atoms with Crippen LogP contribution in [0.1, 0.15) is 0 Å². The van der Waals surface area contributed by atoms with E-state index in [4.69, 9.17) is 4.79 Å². The van der Waals surface area contributed by atoms with Crippen LogP contribution in [-0.4, -0.2) is 5.24 Å². The molecule has 0 aliphatic rings. The third kappa shape index (κ3) is 5.38. The number of primary amides is 1. The molecule has 0 spiro atoms. The fraction of sp³-hybridized carbons (Fsp3) is 0. The van der Waals surface area contributed by atoms with Crippen LogP contribution in [0.5, 0.6) is 0 Å². The first-order valence-electron chi connectivity index (χ1n) is 4.90. The third-order valence-corrected chi connectivity index (χ3v) is 2.27. The molecule has 0 saturated carbocycles. The first-order valence-corrected chi connectivity index (χ1v) is 5.76. The quantitative estimate of drug-likeness (QED) is 0.612. The second-order valence-electron chi connectivity index (χ2n) is 3.23. The molecule has 4 heteroatoms. The summed E-state index contributed by atoms with van der Waals surface area (Å²) in [5.41, 5.74) is 6.77. The smallest absolute Gasteiger partial charge is 0.0954 e. The fourth-order valence-electron chi connectivity index (χ4n) is 1.28. The largest absolute Gasteiger partial charge is 0.719 e. The topological polar surface area (TPSA) is 43.1 Å². The van der Waals surface area contributed by atoms with Crippen molar-refractivity contribution in [3.05, 3.63) is 54.6 Å². The molecule has 17 heavy (non-hydrogen) atoms. The predicted octanol–water partition coefficient (Wildman–Crippen LogP) is 3.25. The first kappa shape index (κ1) is 13.5. The minimum atomic E-state index is -0.750. The van der Waals surface area contributed by atoms with Gasteiger partial charge < -0.3 is 23.2 Å². The van der Waals surface area contributed by atoms with Crippen molar-refractivity contribution in [1.29, 1.82) is 0 Å². The summed E-state index contributed by atoms with van der Waals surface area (Å²) in [4.78, 5) is 10.0. The van der Waals surface area contributed by atoms with Crippen LogP contribution in [0.3, 0.4) is 0 Å². The van der Waals surface area contributed by atoms with Crippen molar-refractivity contribution >= 4 is 30.5 Å². The second kappa shape index (κ2) is 6.93. The van der Waals surface area contributed by atoms with E-state index in [1.807, 2.05) is 30.3 Å². The summed E-state index contributed by atoms with van der Waals surface area (Å²) >= 11 is 8.00.